The first-order valence-corrected chi connectivity index (χ1v) is 7.02. The molecule has 1 N–H and O–H groups in total. The number of nitrogens with zero attached hydrogens (tertiary/aromatic N) is 1. The third kappa shape index (κ3) is 2.18. The number of benzene rings is 1. The molecular weight excluding hydrogens is 243 g/mol. The highest BCUT2D eigenvalue weighted by atomic mass is 19.1. The Bertz CT molecular complexity index is 451. The fourth-order valence-electron chi connectivity index (χ4n) is 3.67. The predicted molar refractivity (Wildman–Crippen MR) is 74.3 cm³/mol. The maximum Gasteiger partial charge on any atom is 0.145 e. The summed E-state index contributed by atoms with van der Waals surface area (Å²) in [5.41, 5.74) is 1.05. The summed E-state index contributed by atoms with van der Waals surface area (Å²) in [7, 11) is 3.65. The van der Waals surface area contributed by atoms with E-state index >= 15 is 0 Å². The van der Waals surface area contributed by atoms with Gasteiger partial charge in [-0.2, -0.15) is 0 Å². The Balaban J connectivity index is 1.91. The summed E-state index contributed by atoms with van der Waals surface area (Å²) >= 11 is 0. The first kappa shape index (κ1) is 12.7. The van der Waals surface area contributed by atoms with Gasteiger partial charge in [0.2, 0.25) is 0 Å². The number of ether oxygens (including phenoxy) is 1. The van der Waals surface area contributed by atoms with Crippen molar-refractivity contribution in [1.29, 1.82) is 0 Å². The van der Waals surface area contributed by atoms with Gasteiger partial charge in [0.1, 0.15) is 11.6 Å². The number of fused-ring (bicyclic) bond motifs is 2. The van der Waals surface area contributed by atoms with Crippen molar-refractivity contribution in [2.24, 2.45) is 0 Å². The predicted octanol–water partition coefficient (Wildman–Crippen LogP) is 2.55. The van der Waals surface area contributed by atoms with Crippen molar-refractivity contribution in [2.45, 2.75) is 43.8 Å². The fourth-order valence-corrected chi connectivity index (χ4v) is 3.67. The van der Waals surface area contributed by atoms with Crippen molar-refractivity contribution < 1.29 is 9.13 Å². The summed E-state index contributed by atoms with van der Waals surface area (Å²) in [6, 6.07) is 6.59. The molecular formula is C15H21FN2O. The lowest BCUT2D eigenvalue weighted by Crippen LogP contribution is -2.48. The summed E-state index contributed by atoms with van der Waals surface area (Å²) in [5.74, 6) is 0.415. The van der Waals surface area contributed by atoms with Crippen molar-refractivity contribution in [3.05, 3.63) is 24.0 Å². The first-order chi connectivity index (χ1) is 9.22. The molecule has 3 rings (SSSR count). The fraction of sp³-hybridized carbons (Fsp3) is 0.600. The van der Waals surface area contributed by atoms with E-state index in [-0.39, 0.29) is 5.82 Å². The summed E-state index contributed by atoms with van der Waals surface area (Å²) in [4.78, 5) is 2.45. The number of halogens is 1. The van der Waals surface area contributed by atoms with Crippen molar-refractivity contribution >= 4 is 5.69 Å². The van der Waals surface area contributed by atoms with Crippen LogP contribution in [-0.2, 0) is 0 Å². The molecule has 1 aromatic carbocycles. The molecule has 104 valence electrons. The van der Waals surface area contributed by atoms with Gasteiger partial charge in [0.15, 0.2) is 0 Å². The zero-order valence-electron chi connectivity index (χ0n) is 11.5. The Morgan fingerprint density at radius 2 is 1.95 bits per heavy atom. The number of anilines is 1. The topological polar surface area (TPSA) is 24.5 Å². The molecule has 2 unspecified atom stereocenters. The Hall–Kier alpha value is -1.29. The Kier molecular flexibility index (Phi) is 3.35. The maximum absolute atomic E-state index is 13.3. The van der Waals surface area contributed by atoms with Gasteiger partial charge in [-0.15, -0.1) is 0 Å². The Morgan fingerprint density at radius 1 is 1.26 bits per heavy atom. The van der Waals surface area contributed by atoms with Gasteiger partial charge in [0.25, 0.3) is 0 Å². The molecule has 0 saturated carbocycles. The van der Waals surface area contributed by atoms with E-state index in [1.807, 2.05) is 13.1 Å². The number of hydrogen-bond donors (Lipinski definition) is 1. The number of hydrogen-bond acceptors (Lipinski definition) is 3. The lowest BCUT2D eigenvalue weighted by Gasteiger charge is -2.41. The van der Waals surface area contributed by atoms with E-state index in [2.05, 4.69) is 10.2 Å². The van der Waals surface area contributed by atoms with Crippen LogP contribution in [-0.4, -0.2) is 32.3 Å². The van der Waals surface area contributed by atoms with Gasteiger partial charge in [-0.3, -0.25) is 0 Å². The third-order valence-electron chi connectivity index (χ3n) is 4.56. The molecule has 19 heavy (non-hydrogen) atoms. The molecule has 4 heteroatoms. The minimum atomic E-state index is -0.238. The van der Waals surface area contributed by atoms with E-state index in [0.717, 1.165) is 18.5 Å². The van der Waals surface area contributed by atoms with Crippen LogP contribution in [0.25, 0.3) is 0 Å². The van der Waals surface area contributed by atoms with E-state index in [9.17, 15) is 4.39 Å². The SMILES string of the molecule is CNC1CC2CCC(C1)N2c1ccc(F)cc1OC. The monoisotopic (exact) mass is 264 g/mol. The second-order valence-corrected chi connectivity index (χ2v) is 5.57. The van der Waals surface area contributed by atoms with Gasteiger partial charge in [0, 0.05) is 24.2 Å². The van der Waals surface area contributed by atoms with Crippen LogP contribution in [0.5, 0.6) is 5.75 Å². The maximum atomic E-state index is 13.3. The molecule has 2 fully saturated rings. The van der Waals surface area contributed by atoms with Crippen molar-refractivity contribution in [3.8, 4) is 5.75 Å². The molecule has 2 heterocycles. The quantitative estimate of drug-likeness (QED) is 0.908. The lowest BCUT2D eigenvalue weighted by molar-refractivity contribution is 0.364. The van der Waals surface area contributed by atoms with Crippen LogP contribution >= 0.6 is 0 Å². The molecule has 2 saturated heterocycles. The van der Waals surface area contributed by atoms with Crippen molar-refractivity contribution in [3.63, 3.8) is 0 Å². The Morgan fingerprint density at radius 3 is 2.53 bits per heavy atom. The average Bonchev–Trinajstić information content (AvgIpc) is 2.69. The van der Waals surface area contributed by atoms with Crippen LogP contribution in [0.4, 0.5) is 10.1 Å². The Labute approximate surface area is 113 Å². The van der Waals surface area contributed by atoms with Gasteiger partial charge in [-0.05, 0) is 44.9 Å². The molecule has 0 amide bonds. The van der Waals surface area contributed by atoms with Gasteiger partial charge in [-0.1, -0.05) is 0 Å². The largest absolute Gasteiger partial charge is 0.494 e. The zero-order chi connectivity index (χ0) is 13.4. The summed E-state index contributed by atoms with van der Waals surface area (Å²) in [5, 5.41) is 3.40. The molecule has 0 aromatic heterocycles. The zero-order valence-corrected chi connectivity index (χ0v) is 11.5. The highest BCUT2D eigenvalue weighted by Crippen LogP contribution is 2.42. The number of nitrogens with one attached hydrogen (secondary N) is 1. The summed E-state index contributed by atoms with van der Waals surface area (Å²) < 4.78 is 18.7. The molecule has 2 aliphatic heterocycles. The van der Waals surface area contributed by atoms with Gasteiger partial charge in [-0.25, -0.2) is 4.39 Å². The summed E-state index contributed by atoms with van der Waals surface area (Å²) in [6.45, 7) is 0. The smallest absolute Gasteiger partial charge is 0.145 e. The number of methoxy groups -OCH3 is 1. The summed E-state index contributed by atoms with van der Waals surface area (Å²) in [6.07, 6.45) is 4.77. The molecule has 1 aromatic rings. The van der Waals surface area contributed by atoms with Gasteiger partial charge < -0.3 is 15.0 Å². The van der Waals surface area contributed by atoms with E-state index in [1.165, 1.54) is 25.0 Å². The van der Waals surface area contributed by atoms with Crippen molar-refractivity contribution in [2.75, 3.05) is 19.1 Å². The molecule has 2 bridgehead atoms. The second-order valence-electron chi connectivity index (χ2n) is 5.57. The normalized spacial score (nSPS) is 29.6. The van der Waals surface area contributed by atoms with E-state index in [0.29, 0.717) is 23.9 Å². The second kappa shape index (κ2) is 5.00. The van der Waals surface area contributed by atoms with E-state index in [1.54, 1.807) is 7.11 Å². The first-order valence-electron chi connectivity index (χ1n) is 7.02. The van der Waals surface area contributed by atoms with Crippen LogP contribution in [0.1, 0.15) is 25.7 Å². The molecule has 0 aliphatic carbocycles. The van der Waals surface area contributed by atoms with Gasteiger partial charge >= 0.3 is 0 Å². The standard InChI is InChI=1S/C15H21FN2O/c1-17-11-8-12-4-5-13(9-11)18(12)14-6-3-10(16)7-15(14)19-2/h3,6-7,11-13,17H,4-5,8-9H2,1-2H3. The minimum absolute atomic E-state index is 0.238. The van der Waals surface area contributed by atoms with E-state index < -0.39 is 0 Å². The van der Waals surface area contributed by atoms with Crippen LogP contribution in [0.2, 0.25) is 0 Å². The van der Waals surface area contributed by atoms with Gasteiger partial charge in [0.05, 0.1) is 12.8 Å². The number of piperidine rings is 1. The third-order valence-corrected chi connectivity index (χ3v) is 4.56. The molecule has 0 radical (unpaired) electrons. The van der Waals surface area contributed by atoms with E-state index in [4.69, 9.17) is 4.74 Å². The molecule has 2 atom stereocenters. The minimum Gasteiger partial charge on any atom is -0.494 e. The van der Waals surface area contributed by atoms with Crippen LogP contribution in [0, 0.1) is 5.82 Å². The van der Waals surface area contributed by atoms with Crippen LogP contribution in [0.3, 0.4) is 0 Å². The number of rotatable bonds is 3. The van der Waals surface area contributed by atoms with Crippen molar-refractivity contribution in [1.82, 2.24) is 5.32 Å². The molecule has 0 spiro atoms. The highest BCUT2D eigenvalue weighted by Gasteiger charge is 2.41. The van der Waals surface area contributed by atoms with Crippen LogP contribution < -0.4 is 15.0 Å². The highest BCUT2D eigenvalue weighted by molar-refractivity contribution is 5.61. The van der Waals surface area contributed by atoms with Crippen LogP contribution in [0.15, 0.2) is 18.2 Å². The molecule has 2 aliphatic rings. The lowest BCUT2D eigenvalue weighted by atomic mass is 9.96. The molecule has 3 nitrogen and oxygen atoms in total. The average molecular weight is 264 g/mol.